The average molecular weight is 476 g/mol. The van der Waals surface area contributed by atoms with Gasteiger partial charge in [-0.3, -0.25) is 10.1 Å². The Bertz CT molecular complexity index is 1200. The van der Waals surface area contributed by atoms with Crippen molar-refractivity contribution in [3.05, 3.63) is 117 Å². The van der Waals surface area contributed by atoms with E-state index in [4.69, 9.17) is 16.3 Å². The van der Waals surface area contributed by atoms with Gasteiger partial charge in [0.1, 0.15) is 17.0 Å². The lowest BCUT2D eigenvalue weighted by Crippen LogP contribution is -2.40. The van der Waals surface area contributed by atoms with Crippen molar-refractivity contribution in [3.63, 3.8) is 0 Å². The van der Waals surface area contributed by atoms with Gasteiger partial charge in [-0.15, -0.1) is 0 Å². The van der Waals surface area contributed by atoms with E-state index in [0.717, 1.165) is 18.3 Å². The molecule has 0 bridgehead atoms. The van der Waals surface area contributed by atoms with Crippen molar-refractivity contribution in [2.75, 3.05) is 6.54 Å². The third-order valence-electron chi connectivity index (χ3n) is 5.21. The molecule has 1 saturated heterocycles. The van der Waals surface area contributed by atoms with Crippen molar-refractivity contribution in [2.45, 2.75) is 11.7 Å². The summed E-state index contributed by atoms with van der Waals surface area (Å²) >= 11 is 5.88. The molecule has 1 aliphatic rings. The van der Waals surface area contributed by atoms with Crippen LogP contribution < -0.4 is 15.4 Å². The van der Waals surface area contributed by atoms with Crippen LogP contribution in [-0.2, 0) is 11.7 Å². The molecule has 2 N–H and O–H groups in total. The number of nitrogens with zero attached hydrogens (tertiary/aromatic N) is 1. The second-order valence-electron chi connectivity index (χ2n) is 7.37. The van der Waals surface area contributed by atoms with Gasteiger partial charge in [-0.2, -0.15) is 13.2 Å². The Morgan fingerprint density at radius 2 is 1.64 bits per heavy atom. The Kier molecular flexibility index (Phi) is 5.90. The summed E-state index contributed by atoms with van der Waals surface area (Å²) in [7, 11) is 0. The van der Waals surface area contributed by atoms with E-state index in [-0.39, 0.29) is 12.4 Å². The van der Waals surface area contributed by atoms with Crippen LogP contribution in [0.3, 0.4) is 0 Å². The maximum Gasteiger partial charge on any atom is 0.416 e. The minimum absolute atomic E-state index is 0.0962. The van der Waals surface area contributed by atoms with Gasteiger partial charge in [0.25, 0.3) is 6.20 Å². The first-order chi connectivity index (χ1) is 15.7. The van der Waals surface area contributed by atoms with Crippen LogP contribution in [0.2, 0.25) is 5.02 Å². The van der Waals surface area contributed by atoms with Gasteiger partial charge in [0.2, 0.25) is 0 Å². The van der Waals surface area contributed by atoms with Crippen LogP contribution in [0.15, 0.2) is 84.8 Å². The number of hydrogen-bond donors (Lipinski definition) is 2. The molecule has 4 rings (SSSR count). The molecule has 3 aromatic carbocycles. The summed E-state index contributed by atoms with van der Waals surface area (Å²) in [4.78, 5) is 10.3. The van der Waals surface area contributed by atoms with E-state index in [1.165, 1.54) is 6.07 Å². The highest BCUT2D eigenvalue weighted by atomic mass is 35.5. The Morgan fingerprint density at radius 3 is 2.24 bits per heavy atom. The van der Waals surface area contributed by atoms with E-state index >= 15 is 0 Å². The summed E-state index contributed by atoms with van der Waals surface area (Å²) < 4.78 is 45.8. The summed E-state index contributed by atoms with van der Waals surface area (Å²) in [6, 6.07) is 18.4. The van der Waals surface area contributed by atoms with Gasteiger partial charge in [-0.1, -0.05) is 35.9 Å². The maximum atomic E-state index is 13.4. The smallest absolute Gasteiger partial charge is 0.416 e. The van der Waals surface area contributed by atoms with Gasteiger partial charge in [0, 0.05) is 11.6 Å². The number of alkyl halides is 3. The molecule has 10 heteroatoms. The molecular formula is C23H17ClF3N3O3. The number of rotatable bonds is 5. The lowest BCUT2D eigenvalue weighted by atomic mass is 9.83. The van der Waals surface area contributed by atoms with Crippen molar-refractivity contribution in [2.24, 2.45) is 0 Å². The quantitative estimate of drug-likeness (QED) is 0.367. The van der Waals surface area contributed by atoms with E-state index in [1.54, 1.807) is 54.6 Å². The third kappa shape index (κ3) is 4.88. The monoisotopic (exact) mass is 475 g/mol. The van der Waals surface area contributed by atoms with Crippen molar-refractivity contribution >= 4 is 11.6 Å². The summed E-state index contributed by atoms with van der Waals surface area (Å²) in [5, 5.41) is 17.4. The predicted molar refractivity (Wildman–Crippen MR) is 116 cm³/mol. The molecule has 170 valence electrons. The van der Waals surface area contributed by atoms with Crippen LogP contribution in [0.1, 0.15) is 16.7 Å². The fourth-order valence-corrected chi connectivity index (χ4v) is 3.78. The zero-order valence-corrected chi connectivity index (χ0v) is 17.7. The number of ether oxygens (including phenoxy) is 1. The van der Waals surface area contributed by atoms with Crippen LogP contribution in [0.4, 0.5) is 13.2 Å². The molecule has 0 radical (unpaired) electrons. The van der Waals surface area contributed by atoms with E-state index in [9.17, 15) is 23.3 Å². The predicted octanol–water partition coefficient (Wildman–Crippen LogP) is 5.66. The first-order valence-corrected chi connectivity index (χ1v) is 10.1. The van der Waals surface area contributed by atoms with Crippen molar-refractivity contribution in [1.29, 1.82) is 0 Å². The van der Waals surface area contributed by atoms with Crippen molar-refractivity contribution < 1.29 is 22.8 Å². The first kappa shape index (κ1) is 22.5. The molecule has 1 heterocycles. The van der Waals surface area contributed by atoms with Gasteiger partial charge in [0.05, 0.1) is 10.5 Å². The number of benzene rings is 3. The molecule has 33 heavy (non-hydrogen) atoms. The van der Waals surface area contributed by atoms with Crippen LogP contribution in [-0.4, -0.2) is 11.5 Å². The summed E-state index contributed by atoms with van der Waals surface area (Å²) in [6.45, 7) is 0.103. The maximum absolute atomic E-state index is 13.4. The largest absolute Gasteiger partial charge is 0.457 e. The highest BCUT2D eigenvalue weighted by Gasteiger charge is 2.42. The molecule has 0 aliphatic carbocycles. The SMILES string of the molecule is O=[N+]([O-])C=C1NCC(c2ccc(Oc3ccc(Cl)cc3)cc2)(c2cccc(C(F)(F)F)c2)N1. The Labute approximate surface area is 191 Å². The molecule has 0 aromatic heterocycles. The summed E-state index contributed by atoms with van der Waals surface area (Å²) in [6.07, 6.45) is -3.79. The van der Waals surface area contributed by atoms with Gasteiger partial charge in [-0.05, 0) is 59.7 Å². The zero-order chi connectivity index (χ0) is 23.6. The Balaban J connectivity index is 1.71. The number of nitro groups is 1. The van der Waals surface area contributed by atoms with E-state index in [0.29, 0.717) is 27.6 Å². The minimum atomic E-state index is -4.53. The Hall–Kier alpha value is -3.72. The zero-order valence-electron chi connectivity index (χ0n) is 16.9. The molecule has 1 fully saturated rings. The van der Waals surface area contributed by atoms with Gasteiger partial charge < -0.3 is 15.4 Å². The molecule has 3 aromatic rings. The minimum Gasteiger partial charge on any atom is -0.457 e. The molecule has 1 atom stereocenters. The van der Waals surface area contributed by atoms with Gasteiger partial charge >= 0.3 is 6.18 Å². The van der Waals surface area contributed by atoms with Crippen molar-refractivity contribution in [3.8, 4) is 11.5 Å². The molecule has 1 aliphatic heterocycles. The molecule has 0 amide bonds. The molecule has 0 spiro atoms. The van der Waals surface area contributed by atoms with Crippen LogP contribution in [0.25, 0.3) is 0 Å². The van der Waals surface area contributed by atoms with Crippen LogP contribution >= 0.6 is 11.6 Å². The fourth-order valence-electron chi connectivity index (χ4n) is 3.65. The third-order valence-corrected chi connectivity index (χ3v) is 5.46. The lowest BCUT2D eigenvalue weighted by molar-refractivity contribution is -0.404. The lowest BCUT2D eigenvalue weighted by Gasteiger charge is -2.30. The van der Waals surface area contributed by atoms with E-state index in [1.807, 2.05) is 0 Å². The molecule has 6 nitrogen and oxygen atoms in total. The molecule has 1 unspecified atom stereocenters. The van der Waals surface area contributed by atoms with E-state index in [2.05, 4.69) is 10.6 Å². The van der Waals surface area contributed by atoms with Gasteiger partial charge in [-0.25, -0.2) is 0 Å². The second kappa shape index (κ2) is 8.67. The second-order valence-corrected chi connectivity index (χ2v) is 7.81. The number of halogens is 4. The first-order valence-electron chi connectivity index (χ1n) is 9.75. The van der Waals surface area contributed by atoms with Gasteiger partial charge in [0.15, 0.2) is 5.82 Å². The van der Waals surface area contributed by atoms with E-state index < -0.39 is 22.2 Å². The normalized spacial score (nSPS) is 19.1. The number of nitrogens with one attached hydrogen (secondary N) is 2. The molecule has 0 saturated carbocycles. The highest BCUT2D eigenvalue weighted by molar-refractivity contribution is 6.30. The summed E-state index contributed by atoms with van der Waals surface area (Å²) in [5.41, 5.74) is -1.06. The Morgan fingerprint density at radius 1 is 1.00 bits per heavy atom. The standard InChI is InChI=1S/C23H17ClF3N3O3/c24-18-6-10-20(11-7-18)33-19-8-4-15(5-9-19)22(14-28-21(29-22)13-30(31)32)16-2-1-3-17(12-16)23(25,26)27/h1-13,28-29H,14H2. The molecular weight excluding hydrogens is 459 g/mol. The fraction of sp³-hybridized carbons (Fsp3) is 0.130. The topological polar surface area (TPSA) is 76.4 Å². The highest BCUT2D eigenvalue weighted by Crippen LogP contribution is 2.38. The summed E-state index contributed by atoms with van der Waals surface area (Å²) in [5.74, 6) is 1.17. The number of hydrogen-bond acceptors (Lipinski definition) is 5. The van der Waals surface area contributed by atoms with Crippen LogP contribution in [0.5, 0.6) is 11.5 Å². The van der Waals surface area contributed by atoms with Crippen LogP contribution in [0, 0.1) is 10.1 Å². The average Bonchev–Trinajstić information content (AvgIpc) is 3.20. The van der Waals surface area contributed by atoms with Crippen molar-refractivity contribution in [1.82, 2.24) is 10.6 Å².